The van der Waals surface area contributed by atoms with E-state index in [4.69, 9.17) is 0 Å². The Morgan fingerprint density at radius 1 is 1.43 bits per heavy atom. The lowest BCUT2D eigenvalue weighted by molar-refractivity contribution is -0.120. The maximum absolute atomic E-state index is 12.5. The summed E-state index contributed by atoms with van der Waals surface area (Å²) in [7, 11) is 0. The Balaban J connectivity index is 2.32. The maximum atomic E-state index is 12.5. The average Bonchev–Trinajstić information content (AvgIpc) is 2.75. The summed E-state index contributed by atoms with van der Waals surface area (Å²) in [6.45, 7) is 1.19. The number of ether oxygens (including phenoxy) is 1. The van der Waals surface area contributed by atoms with Crippen molar-refractivity contribution in [2.45, 2.75) is 45.3 Å². The molecule has 2 rings (SSSR count). The first-order chi connectivity index (χ1) is 9.82. The minimum absolute atomic E-state index is 0.00928. The lowest BCUT2D eigenvalue weighted by Gasteiger charge is -2.34. The molecule has 6 heteroatoms. The summed E-state index contributed by atoms with van der Waals surface area (Å²) in [5.74, 6) is 0.367. The molecule has 0 aliphatic carbocycles. The molecule has 0 aromatic heterocycles. The zero-order valence-corrected chi connectivity index (χ0v) is 13.5. The molecule has 1 saturated heterocycles. The van der Waals surface area contributed by atoms with Crippen molar-refractivity contribution in [3.8, 4) is 5.75 Å². The molecule has 1 amide bonds. The number of carbonyl (C=O) groups is 1. The van der Waals surface area contributed by atoms with Crippen LogP contribution in [0.4, 0.5) is 8.78 Å². The quantitative estimate of drug-likeness (QED) is 0.863. The molecule has 1 N–H and O–H groups in total. The Bertz CT molecular complexity index is 536. The molecule has 1 aliphatic heterocycles. The van der Waals surface area contributed by atoms with Crippen LogP contribution < -0.4 is 10.1 Å². The van der Waals surface area contributed by atoms with E-state index in [9.17, 15) is 13.6 Å². The number of hydrogen-bond donors (Lipinski definition) is 1. The Morgan fingerprint density at radius 3 is 2.67 bits per heavy atom. The first-order valence-corrected chi connectivity index (χ1v) is 7.66. The van der Waals surface area contributed by atoms with Crippen LogP contribution in [0.5, 0.6) is 5.75 Å². The summed E-state index contributed by atoms with van der Waals surface area (Å²) < 4.78 is 30.4. The van der Waals surface area contributed by atoms with E-state index >= 15 is 0 Å². The molecule has 0 bridgehead atoms. The van der Waals surface area contributed by atoms with Crippen molar-refractivity contribution >= 4 is 21.8 Å². The summed E-state index contributed by atoms with van der Waals surface area (Å²) in [6.07, 6.45) is 1.64. The highest BCUT2D eigenvalue weighted by Crippen LogP contribution is 2.36. The predicted octanol–water partition coefficient (Wildman–Crippen LogP) is 3.90. The molecule has 116 valence electrons. The van der Waals surface area contributed by atoms with Crippen molar-refractivity contribution in [3.05, 3.63) is 28.2 Å². The highest BCUT2D eigenvalue weighted by molar-refractivity contribution is 9.10. The molecule has 0 radical (unpaired) electrons. The van der Waals surface area contributed by atoms with Crippen LogP contribution in [0.3, 0.4) is 0 Å². The number of halogens is 3. The zero-order chi connectivity index (χ0) is 15.6. The molecule has 0 spiro atoms. The number of alkyl halides is 2. The van der Waals surface area contributed by atoms with E-state index < -0.39 is 12.2 Å². The van der Waals surface area contributed by atoms with Crippen molar-refractivity contribution in [3.63, 3.8) is 0 Å². The number of hydrogen-bond acceptors (Lipinski definition) is 2. The fraction of sp³-hybridized carbons (Fsp3) is 0.533. The minimum Gasteiger partial charge on any atom is -0.435 e. The highest BCUT2D eigenvalue weighted by atomic mass is 79.9. The lowest BCUT2D eigenvalue weighted by atomic mass is 9.79. The van der Waals surface area contributed by atoms with Crippen molar-refractivity contribution in [2.75, 3.05) is 0 Å². The van der Waals surface area contributed by atoms with Gasteiger partial charge in [0.15, 0.2) is 0 Å². The van der Waals surface area contributed by atoms with Crippen LogP contribution in [-0.4, -0.2) is 18.1 Å². The van der Waals surface area contributed by atoms with Gasteiger partial charge in [-0.2, -0.15) is 8.78 Å². The van der Waals surface area contributed by atoms with Crippen molar-refractivity contribution in [2.24, 2.45) is 5.92 Å². The van der Waals surface area contributed by atoms with Gasteiger partial charge in [-0.15, -0.1) is 0 Å². The molecule has 1 aromatic rings. The van der Waals surface area contributed by atoms with E-state index in [-0.39, 0.29) is 17.6 Å². The summed E-state index contributed by atoms with van der Waals surface area (Å²) in [6, 6.07) is 4.96. The van der Waals surface area contributed by atoms with Gasteiger partial charge < -0.3 is 10.1 Å². The second-order valence-corrected chi connectivity index (χ2v) is 6.58. The average molecular weight is 362 g/mol. The van der Waals surface area contributed by atoms with Gasteiger partial charge in [0.25, 0.3) is 0 Å². The third-order valence-electron chi connectivity index (χ3n) is 4.04. The first-order valence-electron chi connectivity index (χ1n) is 6.86. The smallest absolute Gasteiger partial charge is 0.387 e. The third-order valence-corrected chi connectivity index (χ3v) is 4.53. The summed E-state index contributed by atoms with van der Waals surface area (Å²) >= 11 is 3.35. The minimum atomic E-state index is -2.86. The first kappa shape index (κ1) is 16.2. The SMILES string of the molecule is CC(C)C1(Cc2cc(Br)ccc2OC(F)F)CCC(=O)N1. The van der Waals surface area contributed by atoms with E-state index in [2.05, 4.69) is 26.0 Å². The van der Waals surface area contributed by atoms with E-state index in [1.54, 1.807) is 12.1 Å². The standard InChI is InChI=1S/C15H18BrF2NO2/c1-9(2)15(6-5-13(20)19-15)8-10-7-11(16)3-4-12(10)21-14(17)18/h3-4,7,9,14H,5-6,8H2,1-2H3,(H,19,20). The third kappa shape index (κ3) is 3.73. The monoisotopic (exact) mass is 361 g/mol. The second-order valence-electron chi connectivity index (χ2n) is 5.67. The van der Waals surface area contributed by atoms with Gasteiger partial charge in [0.2, 0.25) is 5.91 Å². The summed E-state index contributed by atoms with van der Waals surface area (Å²) in [5, 5.41) is 3.02. The number of benzene rings is 1. The van der Waals surface area contributed by atoms with Crippen LogP contribution in [0.1, 0.15) is 32.3 Å². The fourth-order valence-electron chi connectivity index (χ4n) is 2.75. The Morgan fingerprint density at radius 2 is 2.14 bits per heavy atom. The van der Waals surface area contributed by atoms with Gasteiger partial charge in [-0.1, -0.05) is 29.8 Å². The van der Waals surface area contributed by atoms with Crippen molar-refractivity contribution in [1.82, 2.24) is 5.32 Å². The molecule has 21 heavy (non-hydrogen) atoms. The number of carbonyl (C=O) groups excluding carboxylic acids is 1. The van der Waals surface area contributed by atoms with Gasteiger partial charge >= 0.3 is 6.61 Å². The molecular weight excluding hydrogens is 344 g/mol. The van der Waals surface area contributed by atoms with Crippen molar-refractivity contribution in [1.29, 1.82) is 0 Å². The van der Waals surface area contributed by atoms with Gasteiger partial charge in [0.1, 0.15) is 5.75 Å². The number of nitrogens with one attached hydrogen (secondary N) is 1. The largest absolute Gasteiger partial charge is 0.435 e. The van der Waals surface area contributed by atoms with Crippen LogP contribution in [0, 0.1) is 5.92 Å². The predicted molar refractivity (Wildman–Crippen MR) is 79.4 cm³/mol. The van der Waals surface area contributed by atoms with Crippen molar-refractivity contribution < 1.29 is 18.3 Å². The molecule has 1 fully saturated rings. The molecular formula is C15H18BrF2NO2. The zero-order valence-electron chi connectivity index (χ0n) is 12.0. The molecule has 1 atom stereocenters. The number of rotatable bonds is 5. The summed E-state index contributed by atoms with van der Waals surface area (Å²) in [4.78, 5) is 11.6. The fourth-order valence-corrected chi connectivity index (χ4v) is 3.15. The second kappa shape index (κ2) is 6.30. The molecule has 1 aliphatic rings. The lowest BCUT2D eigenvalue weighted by Crippen LogP contribution is -2.48. The van der Waals surface area contributed by atoms with E-state index in [1.807, 2.05) is 13.8 Å². The topological polar surface area (TPSA) is 38.3 Å². The Hall–Kier alpha value is -1.17. The van der Waals surface area contributed by atoms with Crippen LogP contribution in [0.2, 0.25) is 0 Å². The van der Waals surface area contributed by atoms with Gasteiger partial charge in [-0.05, 0) is 42.5 Å². The van der Waals surface area contributed by atoms with Gasteiger partial charge in [-0.3, -0.25) is 4.79 Å². The highest BCUT2D eigenvalue weighted by Gasteiger charge is 2.41. The Labute approximate surface area is 131 Å². The maximum Gasteiger partial charge on any atom is 0.387 e. The summed E-state index contributed by atoms with van der Waals surface area (Å²) in [5.41, 5.74) is 0.263. The molecule has 1 aromatic carbocycles. The van der Waals surface area contributed by atoms with Gasteiger partial charge in [0.05, 0.1) is 0 Å². The van der Waals surface area contributed by atoms with Crippen LogP contribution in [0.15, 0.2) is 22.7 Å². The van der Waals surface area contributed by atoms with Gasteiger partial charge in [-0.25, -0.2) is 0 Å². The molecule has 0 saturated carbocycles. The van der Waals surface area contributed by atoms with E-state index in [0.717, 1.165) is 4.47 Å². The van der Waals surface area contributed by atoms with E-state index in [0.29, 0.717) is 24.8 Å². The van der Waals surface area contributed by atoms with Crippen LogP contribution >= 0.6 is 15.9 Å². The van der Waals surface area contributed by atoms with Gasteiger partial charge in [0, 0.05) is 16.4 Å². The number of amides is 1. The van der Waals surface area contributed by atoms with E-state index in [1.165, 1.54) is 6.07 Å². The molecule has 1 heterocycles. The normalized spacial score (nSPS) is 22.0. The molecule has 3 nitrogen and oxygen atoms in total. The van der Waals surface area contributed by atoms with Crippen LogP contribution in [-0.2, 0) is 11.2 Å². The Kier molecular flexibility index (Phi) is 4.86. The molecule has 1 unspecified atom stereocenters. The van der Waals surface area contributed by atoms with Crippen LogP contribution in [0.25, 0.3) is 0 Å².